The summed E-state index contributed by atoms with van der Waals surface area (Å²) >= 11 is 0. The summed E-state index contributed by atoms with van der Waals surface area (Å²) in [5, 5.41) is 9.24. The Morgan fingerprint density at radius 2 is 1.88 bits per heavy atom. The number of nitrogens with two attached hydrogens (primary N) is 1. The predicted octanol–water partition coefficient (Wildman–Crippen LogP) is 2.43. The standard InChI is InChI=1S/C14H20N2O/c1-11(2)12(3)17-10-14(16,9-15)13-7-5-4-6-8-13/h4-8,11-12H,10,16H2,1-3H3. The zero-order valence-corrected chi connectivity index (χ0v) is 10.7. The molecule has 2 unspecified atom stereocenters. The van der Waals surface area contributed by atoms with E-state index in [0.717, 1.165) is 5.56 Å². The smallest absolute Gasteiger partial charge is 0.153 e. The van der Waals surface area contributed by atoms with Crippen LogP contribution in [-0.4, -0.2) is 12.7 Å². The van der Waals surface area contributed by atoms with E-state index < -0.39 is 5.54 Å². The van der Waals surface area contributed by atoms with Gasteiger partial charge in [-0.15, -0.1) is 0 Å². The Balaban J connectivity index is 2.75. The fourth-order valence-corrected chi connectivity index (χ4v) is 1.37. The number of hydrogen-bond acceptors (Lipinski definition) is 3. The van der Waals surface area contributed by atoms with E-state index in [-0.39, 0.29) is 12.7 Å². The highest BCUT2D eigenvalue weighted by molar-refractivity contribution is 5.30. The molecular formula is C14H20N2O. The molecule has 0 radical (unpaired) electrons. The minimum atomic E-state index is -1.07. The largest absolute Gasteiger partial charge is 0.375 e. The normalized spacial score (nSPS) is 16.2. The summed E-state index contributed by atoms with van der Waals surface area (Å²) in [5.41, 5.74) is 5.81. The van der Waals surface area contributed by atoms with Crippen molar-refractivity contribution in [2.45, 2.75) is 32.4 Å². The lowest BCUT2D eigenvalue weighted by Gasteiger charge is -2.25. The Kier molecular flexibility index (Phi) is 4.68. The van der Waals surface area contributed by atoms with Crippen molar-refractivity contribution in [2.75, 3.05) is 6.61 Å². The van der Waals surface area contributed by atoms with Crippen LogP contribution in [0.25, 0.3) is 0 Å². The molecule has 0 aliphatic rings. The first-order valence-electron chi connectivity index (χ1n) is 5.87. The SMILES string of the molecule is CC(C)C(C)OCC(N)(C#N)c1ccccc1. The number of benzene rings is 1. The summed E-state index contributed by atoms with van der Waals surface area (Å²) in [6.45, 7) is 6.37. The van der Waals surface area contributed by atoms with E-state index in [0.29, 0.717) is 5.92 Å². The third-order valence-electron chi connectivity index (χ3n) is 3.00. The molecule has 1 aromatic rings. The van der Waals surface area contributed by atoms with Crippen molar-refractivity contribution >= 4 is 0 Å². The Morgan fingerprint density at radius 1 is 1.29 bits per heavy atom. The molecule has 2 atom stereocenters. The van der Waals surface area contributed by atoms with E-state index in [1.807, 2.05) is 37.3 Å². The van der Waals surface area contributed by atoms with Crippen molar-refractivity contribution in [3.63, 3.8) is 0 Å². The van der Waals surface area contributed by atoms with Gasteiger partial charge in [0.05, 0.1) is 18.8 Å². The summed E-state index contributed by atoms with van der Waals surface area (Å²) in [6.07, 6.45) is 0.0926. The molecule has 92 valence electrons. The molecule has 2 N–H and O–H groups in total. The number of nitrogens with zero attached hydrogens (tertiary/aromatic N) is 1. The van der Waals surface area contributed by atoms with E-state index in [2.05, 4.69) is 19.9 Å². The topological polar surface area (TPSA) is 59.0 Å². The minimum absolute atomic E-state index is 0.0926. The van der Waals surface area contributed by atoms with Crippen LogP contribution in [0.15, 0.2) is 30.3 Å². The maximum absolute atomic E-state index is 9.24. The molecule has 17 heavy (non-hydrogen) atoms. The summed E-state index contributed by atoms with van der Waals surface area (Å²) < 4.78 is 5.67. The lowest BCUT2D eigenvalue weighted by atomic mass is 9.93. The fourth-order valence-electron chi connectivity index (χ4n) is 1.37. The van der Waals surface area contributed by atoms with E-state index in [1.54, 1.807) is 0 Å². The molecule has 0 aliphatic heterocycles. The Hall–Kier alpha value is -1.37. The van der Waals surface area contributed by atoms with Gasteiger partial charge in [0, 0.05) is 0 Å². The van der Waals surface area contributed by atoms with E-state index in [4.69, 9.17) is 10.5 Å². The number of nitriles is 1. The number of hydrogen-bond donors (Lipinski definition) is 1. The molecule has 1 aromatic carbocycles. The third kappa shape index (κ3) is 3.55. The molecule has 3 nitrogen and oxygen atoms in total. The first-order chi connectivity index (χ1) is 7.99. The van der Waals surface area contributed by atoms with Crippen LogP contribution in [0.2, 0.25) is 0 Å². The molecule has 0 heterocycles. The van der Waals surface area contributed by atoms with E-state index >= 15 is 0 Å². The van der Waals surface area contributed by atoms with Crippen molar-refractivity contribution in [3.05, 3.63) is 35.9 Å². The molecule has 0 amide bonds. The highest BCUT2D eigenvalue weighted by Gasteiger charge is 2.28. The Bertz CT molecular complexity index is 383. The van der Waals surface area contributed by atoms with Gasteiger partial charge in [-0.3, -0.25) is 0 Å². The third-order valence-corrected chi connectivity index (χ3v) is 3.00. The van der Waals surface area contributed by atoms with Gasteiger partial charge in [0.25, 0.3) is 0 Å². The molecule has 0 bridgehead atoms. The van der Waals surface area contributed by atoms with Crippen LogP contribution in [0.1, 0.15) is 26.3 Å². The second-order valence-electron chi connectivity index (χ2n) is 4.71. The highest BCUT2D eigenvalue weighted by Crippen LogP contribution is 2.19. The lowest BCUT2D eigenvalue weighted by molar-refractivity contribution is 0.0153. The zero-order chi connectivity index (χ0) is 12.9. The van der Waals surface area contributed by atoms with Gasteiger partial charge in [-0.05, 0) is 18.4 Å². The van der Waals surface area contributed by atoms with E-state index in [1.165, 1.54) is 0 Å². The number of ether oxygens (including phenoxy) is 1. The van der Waals surface area contributed by atoms with Gasteiger partial charge >= 0.3 is 0 Å². The van der Waals surface area contributed by atoms with Crippen molar-refractivity contribution in [3.8, 4) is 6.07 Å². The Morgan fingerprint density at radius 3 is 2.35 bits per heavy atom. The predicted molar refractivity (Wildman–Crippen MR) is 68.2 cm³/mol. The second-order valence-corrected chi connectivity index (χ2v) is 4.71. The summed E-state index contributed by atoms with van der Waals surface area (Å²) in [7, 11) is 0. The molecule has 0 fully saturated rings. The van der Waals surface area contributed by atoms with Crippen LogP contribution in [0.5, 0.6) is 0 Å². The maximum atomic E-state index is 9.24. The molecular weight excluding hydrogens is 212 g/mol. The van der Waals surface area contributed by atoms with Crippen LogP contribution in [0.4, 0.5) is 0 Å². The summed E-state index contributed by atoms with van der Waals surface area (Å²) in [4.78, 5) is 0. The quantitative estimate of drug-likeness (QED) is 0.848. The van der Waals surface area contributed by atoms with Gasteiger partial charge in [0.15, 0.2) is 5.54 Å². The maximum Gasteiger partial charge on any atom is 0.153 e. The fraction of sp³-hybridized carbons (Fsp3) is 0.500. The van der Waals surface area contributed by atoms with Gasteiger partial charge in [-0.2, -0.15) is 5.26 Å². The van der Waals surface area contributed by atoms with Crippen LogP contribution in [0.3, 0.4) is 0 Å². The molecule has 0 aliphatic carbocycles. The molecule has 0 saturated carbocycles. The average Bonchev–Trinajstić information content (AvgIpc) is 2.36. The van der Waals surface area contributed by atoms with Gasteiger partial charge < -0.3 is 10.5 Å². The zero-order valence-electron chi connectivity index (χ0n) is 10.7. The summed E-state index contributed by atoms with van der Waals surface area (Å²) in [5.74, 6) is 0.411. The molecule has 0 saturated heterocycles. The van der Waals surface area contributed by atoms with Gasteiger partial charge in [0.2, 0.25) is 0 Å². The van der Waals surface area contributed by atoms with Crippen molar-refractivity contribution in [1.29, 1.82) is 5.26 Å². The molecule has 1 rings (SSSR count). The van der Waals surface area contributed by atoms with E-state index in [9.17, 15) is 5.26 Å². The van der Waals surface area contributed by atoms with Crippen molar-refractivity contribution in [1.82, 2.24) is 0 Å². The van der Waals surface area contributed by atoms with Crippen molar-refractivity contribution in [2.24, 2.45) is 11.7 Å². The molecule has 3 heteroatoms. The van der Waals surface area contributed by atoms with Gasteiger partial charge in [0.1, 0.15) is 0 Å². The van der Waals surface area contributed by atoms with Crippen LogP contribution >= 0.6 is 0 Å². The van der Waals surface area contributed by atoms with Crippen molar-refractivity contribution < 1.29 is 4.74 Å². The van der Waals surface area contributed by atoms with Gasteiger partial charge in [-0.1, -0.05) is 44.2 Å². The first-order valence-corrected chi connectivity index (χ1v) is 5.87. The second kappa shape index (κ2) is 5.81. The molecule has 0 spiro atoms. The monoisotopic (exact) mass is 232 g/mol. The van der Waals surface area contributed by atoms with Gasteiger partial charge in [-0.25, -0.2) is 0 Å². The van der Waals surface area contributed by atoms with Crippen LogP contribution in [-0.2, 0) is 10.3 Å². The summed E-state index contributed by atoms with van der Waals surface area (Å²) in [6, 6.07) is 11.5. The minimum Gasteiger partial charge on any atom is -0.375 e. The highest BCUT2D eigenvalue weighted by atomic mass is 16.5. The first kappa shape index (κ1) is 13.7. The number of rotatable bonds is 5. The average molecular weight is 232 g/mol. The molecule has 0 aromatic heterocycles. The lowest BCUT2D eigenvalue weighted by Crippen LogP contribution is -2.41. The van der Waals surface area contributed by atoms with Crippen LogP contribution in [0, 0.1) is 17.2 Å². The Labute approximate surface area is 103 Å². The van der Waals surface area contributed by atoms with Crippen LogP contribution < -0.4 is 5.73 Å².